The number of fused-ring (bicyclic) bond motifs is 1. The first-order valence-electron chi connectivity index (χ1n) is 5.39. The number of thiazole rings is 1. The maximum absolute atomic E-state index is 12.0. The van der Waals surface area contributed by atoms with Crippen LogP contribution in [0.1, 0.15) is 17.3 Å². The minimum absolute atomic E-state index is 0.00838. The zero-order chi connectivity index (χ0) is 13.3. The molecule has 0 aliphatic carbocycles. The van der Waals surface area contributed by atoms with E-state index in [-0.39, 0.29) is 17.7 Å². The van der Waals surface area contributed by atoms with E-state index in [1.807, 2.05) is 0 Å². The number of hydrogen-bond donors (Lipinski definition) is 1. The lowest BCUT2D eigenvalue weighted by molar-refractivity contribution is 0.0701. The van der Waals surface area contributed by atoms with Gasteiger partial charge in [0, 0.05) is 31.4 Å². The van der Waals surface area contributed by atoms with Crippen LogP contribution in [0.5, 0.6) is 0 Å². The molecule has 0 saturated heterocycles. The second-order valence-electron chi connectivity index (χ2n) is 4.07. The number of aliphatic hydroxyl groups is 1. The molecule has 7 heteroatoms. The maximum atomic E-state index is 12.0. The van der Waals surface area contributed by atoms with Gasteiger partial charge in [-0.25, -0.2) is 4.98 Å². The quantitative estimate of drug-likeness (QED) is 0.862. The molecule has 1 atom stereocenters. The molecule has 2 rings (SSSR count). The molecule has 0 radical (unpaired) electrons. The van der Waals surface area contributed by atoms with Gasteiger partial charge in [-0.05, 0) is 6.92 Å². The van der Waals surface area contributed by atoms with Gasteiger partial charge in [-0.15, -0.1) is 11.3 Å². The molecule has 0 aromatic carbocycles. The van der Waals surface area contributed by atoms with Crippen LogP contribution in [0.2, 0.25) is 0 Å². The molecular formula is C11H13N3O3S. The molecule has 2 aromatic heterocycles. The highest BCUT2D eigenvalue weighted by Gasteiger charge is 2.18. The van der Waals surface area contributed by atoms with Crippen LogP contribution in [0.25, 0.3) is 4.96 Å². The van der Waals surface area contributed by atoms with E-state index in [0.29, 0.717) is 4.96 Å². The smallest absolute Gasteiger partial charge is 0.271 e. The van der Waals surface area contributed by atoms with E-state index in [0.717, 1.165) is 0 Å². The molecule has 2 aromatic rings. The van der Waals surface area contributed by atoms with Crippen molar-refractivity contribution < 1.29 is 9.90 Å². The van der Waals surface area contributed by atoms with Gasteiger partial charge >= 0.3 is 0 Å². The number of nitrogens with zero attached hydrogens (tertiary/aromatic N) is 3. The van der Waals surface area contributed by atoms with Gasteiger partial charge in [-0.1, -0.05) is 0 Å². The van der Waals surface area contributed by atoms with Crippen molar-refractivity contribution in [2.45, 2.75) is 13.0 Å². The predicted molar refractivity (Wildman–Crippen MR) is 68.0 cm³/mol. The summed E-state index contributed by atoms with van der Waals surface area (Å²) in [7, 11) is 1.54. The van der Waals surface area contributed by atoms with E-state index >= 15 is 0 Å². The van der Waals surface area contributed by atoms with E-state index < -0.39 is 12.0 Å². The van der Waals surface area contributed by atoms with Gasteiger partial charge in [-0.2, -0.15) is 0 Å². The summed E-state index contributed by atoms with van der Waals surface area (Å²) in [6, 6.07) is 0. The van der Waals surface area contributed by atoms with E-state index in [4.69, 9.17) is 0 Å². The number of carbonyl (C=O) groups is 1. The van der Waals surface area contributed by atoms with Crippen molar-refractivity contribution in [1.82, 2.24) is 14.3 Å². The van der Waals surface area contributed by atoms with Crippen molar-refractivity contribution in [2.24, 2.45) is 0 Å². The largest absolute Gasteiger partial charge is 0.392 e. The third kappa shape index (κ3) is 2.27. The Hall–Kier alpha value is -1.73. The highest BCUT2D eigenvalue weighted by molar-refractivity contribution is 7.15. The summed E-state index contributed by atoms with van der Waals surface area (Å²) in [5.74, 6) is -0.436. The molecule has 0 spiro atoms. The molecule has 0 fully saturated rings. The van der Waals surface area contributed by atoms with Gasteiger partial charge in [-0.3, -0.25) is 14.0 Å². The number of hydrogen-bond acceptors (Lipinski definition) is 5. The molecule has 1 N–H and O–H groups in total. The number of aliphatic hydroxyl groups excluding tert-OH is 1. The van der Waals surface area contributed by atoms with Crippen molar-refractivity contribution in [2.75, 3.05) is 13.6 Å². The Labute approximate surface area is 107 Å². The monoisotopic (exact) mass is 267 g/mol. The van der Waals surface area contributed by atoms with Crippen LogP contribution in [0.4, 0.5) is 0 Å². The minimum atomic E-state index is -0.639. The Morgan fingerprint density at radius 2 is 2.39 bits per heavy atom. The summed E-state index contributed by atoms with van der Waals surface area (Å²) in [5, 5.41) is 11.0. The average molecular weight is 267 g/mol. The molecular weight excluding hydrogens is 254 g/mol. The Balaban J connectivity index is 2.39. The fraction of sp³-hybridized carbons (Fsp3) is 0.364. The van der Waals surface area contributed by atoms with Crippen molar-refractivity contribution in [1.29, 1.82) is 0 Å². The first-order chi connectivity index (χ1) is 8.50. The summed E-state index contributed by atoms with van der Waals surface area (Å²) >= 11 is 1.33. The van der Waals surface area contributed by atoms with Gasteiger partial charge in [0.05, 0.1) is 6.10 Å². The summed E-state index contributed by atoms with van der Waals surface area (Å²) in [4.78, 5) is 30.0. The lowest BCUT2D eigenvalue weighted by atomic mass is 10.2. The fourth-order valence-corrected chi connectivity index (χ4v) is 2.33. The Kier molecular flexibility index (Phi) is 3.44. The van der Waals surface area contributed by atoms with E-state index in [2.05, 4.69) is 4.98 Å². The van der Waals surface area contributed by atoms with Crippen LogP contribution in [-0.4, -0.2) is 45.0 Å². The molecule has 0 bridgehead atoms. The lowest BCUT2D eigenvalue weighted by Gasteiger charge is -2.18. The van der Waals surface area contributed by atoms with Gasteiger partial charge < -0.3 is 10.0 Å². The summed E-state index contributed by atoms with van der Waals surface area (Å²) in [6.45, 7) is 1.75. The SMILES string of the molecule is CC(O)CN(C)C(=O)c1cnc2sccn2c1=O. The number of carbonyl (C=O) groups excluding carboxylic acids is 1. The number of amides is 1. The van der Waals surface area contributed by atoms with Crippen LogP contribution in [-0.2, 0) is 0 Å². The van der Waals surface area contributed by atoms with Crippen LogP contribution in [0, 0.1) is 0 Å². The fourth-order valence-electron chi connectivity index (χ4n) is 1.66. The summed E-state index contributed by atoms with van der Waals surface area (Å²) in [5.41, 5.74) is -0.377. The highest BCUT2D eigenvalue weighted by atomic mass is 32.1. The number of likely N-dealkylation sites (N-methyl/N-ethyl adjacent to an activating group) is 1. The first kappa shape index (κ1) is 12.7. The second kappa shape index (κ2) is 4.87. The standard InChI is InChI=1S/C11H13N3O3S/c1-7(15)6-13(2)9(16)8-5-12-11-14(10(8)17)3-4-18-11/h3-5,7,15H,6H2,1-2H3. The normalized spacial score (nSPS) is 12.6. The number of rotatable bonds is 3. The van der Waals surface area contributed by atoms with Crippen LogP contribution in [0.3, 0.4) is 0 Å². The maximum Gasteiger partial charge on any atom is 0.271 e. The van der Waals surface area contributed by atoms with Gasteiger partial charge in [0.1, 0.15) is 5.56 Å². The van der Waals surface area contributed by atoms with Crippen LogP contribution < -0.4 is 5.56 Å². The van der Waals surface area contributed by atoms with Crippen LogP contribution in [0.15, 0.2) is 22.6 Å². The zero-order valence-electron chi connectivity index (χ0n) is 10.0. The Bertz CT molecular complexity index is 632. The summed E-state index contributed by atoms with van der Waals surface area (Å²) in [6.07, 6.45) is 2.23. The minimum Gasteiger partial charge on any atom is -0.392 e. The average Bonchev–Trinajstić information content (AvgIpc) is 2.76. The third-order valence-corrected chi connectivity index (χ3v) is 3.23. The van der Waals surface area contributed by atoms with Crippen LogP contribution >= 0.6 is 11.3 Å². The van der Waals surface area contributed by atoms with Crippen molar-refractivity contribution in [3.63, 3.8) is 0 Å². The topological polar surface area (TPSA) is 74.9 Å². The molecule has 0 aliphatic rings. The van der Waals surface area contributed by atoms with Crippen molar-refractivity contribution in [3.8, 4) is 0 Å². The Morgan fingerprint density at radius 1 is 1.67 bits per heavy atom. The molecule has 0 saturated carbocycles. The van der Waals surface area contributed by atoms with E-state index in [9.17, 15) is 14.7 Å². The summed E-state index contributed by atoms with van der Waals surface area (Å²) < 4.78 is 1.34. The second-order valence-corrected chi connectivity index (χ2v) is 4.94. The molecule has 0 aliphatic heterocycles. The van der Waals surface area contributed by atoms with Gasteiger partial charge in [0.2, 0.25) is 0 Å². The lowest BCUT2D eigenvalue weighted by Crippen LogP contribution is -2.36. The van der Waals surface area contributed by atoms with Gasteiger partial charge in [0.15, 0.2) is 4.96 Å². The molecule has 2 heterocycles. The van der Waals surface area contributed by atoms with E-state index in [1.54, 1.807) is 18.5 Å². The molecule has 6 nitrogen and oxygen atoms in total. The zero-order valence-corrected chi connectivity index (χ0v) is 10.8. The molecule has 1 unspecified atom stereocenters. The predicted octanol–water partition coefficient (Wildman–Crippen LogP) is 0.209. The first-order valence-corrected chi connectivity index (χ1v) is 6.27. The molecule has 18 heavy (non-hydrogen) atoms. The molecule has 96 valence electrons. The van der Waals surface area contributed by atoms with E-state index in [1.165, 1.54) is 33.9 Å². The third-order valence-electron chi connectivity index (χ3n) is 2.46. The number of aromatic nitrogens is 2. The Morgan fingerprint density at radius 3 is 3.06 bits per heavy atom. The van der Waals surface area contributed by atoms with Gasteiger partial charge in [0.25, 0.3) is 11.5 Å². The van der Waals surface area contributed by atoms with Crippen molar-refractivity contribution in [3.05, 3.63) is 33.7 Å². The van der Waals surface area contributed by atoms with Crippen molar-refractivity contribution >= 4 is 22.2 Å². The highest BCUT2D eigenvalue weighted by Crippen LogP contribution is 2.06. The molecule has 1 amide bonds.